The van der Waals surface area contributed by atoms with Gasteiger partial charge in [0.1, 0.15) is 10.5 Å². The van der Waals surface area contributed by atoms with Crippen molar-refractivity contribution in [2.45, 2.75) is 18.2 Å². The molecule has 2 aromatic carbocycles. The van der Waals surface area contributed by atoms with Gasteiger partial charge in [-0.25, -0.2) is 17.6 Å². The number of benzene rings is 2. The molecule has 0 unspecified atom stereocenters. The summed E-state index contributed by atoms with van der Waals surface area (Å²) in [5.74, 6) is -4.49. The summed E-state index contributed by atoms with van der Waals surface area (Å²) in [6.07, 6.45) is 0.381. The van der Waals surface area contributed by atoms with E-state index in [9.17, 15) is 27.8 Å². The van der Waals surface area contributed by atoms with Gasteiger partial charge >= 0.3 is 5.97 Å². The van der Waals surface area contributed by atoms with Crippen molar-refractivity contribution in [1.29, 1.82) is 0 Å². The smallest absolute Gasteiger partial charge is 0.339 e. The molecule has 0 aliphatic heterocycles. The van der Waals surface area contributed by atoms with Crippen LogP contribution in [0, 0.1) is 5.82 Å². The maximum Gasteiger partial charge on any atom is 0.339 e. The molecular formula is C15H13BrFNO6S. The second kappa shape index (κ2) is 6.89. The van der Waals surface area contributed by atoms with Gasteiger partial charge in [0, 0.05) is 4.47 Å². The van der Waals surface area contributed by atoms with Crippen LogP contribution in [0.3, 0.4) is 0 Å². The highest BCUT2D eigenvalue weighted by Gasteiger charge is 2.25. The van der Waals surface area contributed by atoms with Gasteiger partial charge in [0.05, 0.1) is 5.69 Å². The number of carboxylic acids is 1. The topological polar surface area (TPSA) is 124 Å². The first-order valence-corrected chi connectivity index (χ1v) is 9.14. The van der Waals surface area contributed by atoms with Crippen molar-refractivity contribution < 1.29 is 32.9 Å². The molecule has 0 bridgehead atoms. The average molecular weight is 434 g/mol. The zero-order valence-electron chi connectivity index (χ0n) is 12.7. The standard InChI is InChI=1S/C15H13BrFNO6S/c1-2-7-3-9(15(21)22)13(19)11(4-7)18-25(23,24)12-6-8(16)5-10(17)14(12)20/h3-6,18-20H,2H2,1H3,(H,21,22). The fraction of sp³-hybridized carbons (Fsp3) is 0.133. The third-order valence-electron chi connectivity index (χ3n) is 3.34. The van der Waals surface area contributed by atoms with Gasteiger partial charge in [-0.15, -0.1) is 0 Å². The van der Waals surface area contributed by atoms with Crippen LogP contribution in [0.5, 0.6) is 11.5 Å². The first kappa shape index (κ1) is 19.0. The minimum absolute atomic E-state index is 0.0703. The highest BCUT2D eigenvalue weighted by Crippen LogP contribution is 2.35. The maximum absolute atomic E-state index is 13.6. The van der Waals surface area contributed by atoms with Gasteiger partial charge in [0.2, 0.25) is 0 Å². The van der Waals surface area contributed by atoms with Gasteiger partial charge in [0.15, 0.2) is 17.3 Å². The summed E-state index contributed by atoms with van der Waals surface area (Å²) in [4.78, 5) is 10.4. The molecule has 0 aliphatic carbocycles. The van der Waals surface area contributed by atoms with Crippen LogP contribution in [0.2, 0.25) is 0 Å². The van der Waals surface area contributed by atoms with Crippen molar-refractivity contribution in [1.82, 2.24) is 0 Å². The van der Waals surface area contributed by atoms with Crippen LogP contribution < -0.4 is 4.72 Å². The number of nitrogens with one attached hydrogen (secondary N) is 1. The number of anilines is 1. The summed E-state index contributed by atoms with van der Waals surface area (Å²) in [5.41, 5.74) is -0.421. The zero-order valence-corrected chi connectivity index (χ0v) is 15.1. The van der Waals surface area contributed by atoms with Gasteiger partial charge in [-0.2, -0.15) is 0 Å². The Morgan fingerprint density at radius 3 is 2.40 bits per heavy atom. The third-order valence-corrected chi connectivity index (χ3v) is 5.17. The lowest BCUT2D eigenvalue weighted by Gasteiger charge is -2.14. The van der Waals surface area contributed by atoms with Crippen molar-refractivity contribution in [3.05, 3.63) is 45.7 Å². The third kappa shape index (κ3) is 3.85. The Balaban J connectivity index is 2.59. The van der Waals surface area contributed by atoms with Crippen LogP contribution in [-0.4, -0.2) is 29.7 Å². The minimum atomic E-state index is -4.50. The van der Waals surface area contributed by atoms with E-state index >= 15 is 0 Å². The molecule has 10 heteroatoms. The molecule has 0 aromatic heterocycles. The van der Waals surface area contributed by atoms with E-state index in [1.807, 2.05) is 4.72 Å². The van der Waals surface area contributed by atoms with Crippen LogP contribution in [0.15, 0.2) is 33.6 Å². The van der Waals surface area contributed by atoms with Crippen molar-refractivity contribution in [3.8, 4) is 11.5 Å². The fourth-order valence-electron chi connectivity index (χ4n) is 2.09. The minimum Gasteiger partial charge on any atom is -0.505 e. The number of rotatable bonds is 5. The second-order valence-corrected chi connectivity index (χ2v) is 7.60. The summed E-state index contributed by atoms with van der Waals surface area (Å²) in [5, 5.41) is 28.8. The van der Waals surface area contributed by atoms with Crippen molar-refractivity contribution in [2.75, 3.05) is 4.72 Å². The number of hydrogen-bond acceptors (Lipinski definition) is 5. The Labute approximate surface area is 150 Å². The highest BCUT2D eigenvalue weighted by atomic mass is 79.9. The van der Waals surface area contributed by atoms with Crippen molar-refractivity contribution in [3.63, 3.8) is 0 Å². The zero-order chi connectivity index (χ0) is 18.9. The van der Waals surface area contributed by atoms with E-state index in [0.717, 1.165) is 12.1 Å². The van der Waals surface area contributed by atoms with Gasteiger partial charge in [-0.1, -0.05) is 22.9 Å². The summed E-state index contributed by atoms with van der Waals surface area (Å²) in [7, 11) is -4.50. The highest BCUT2D eigenvalue weighted by molar-refractivity contribution is 9.10. The number of carbonyl (C=O) groups is 1. The summed E-state index contributed by atoms with van der Waals surface area (Å²) >= 11 is 2.92. The molecule has 0 heterocycles. The summed E-state index contributed by atoms with van der Waals surface area (Å²) < 4.78 is 40.5. The molecular weight excluding hydrogens is 421 g/mol. The van der Waals surface area contributed by atoms with E-state index in [1.54, 1.807) is 6.92 Å². The van der Waals surface area contributed by atoms with Crippen molar-refractivity contribution in [2.24, 2.45) is 0 Å². The molecule has 0 spiro atoms. The Morgan fingerprint density at radius 1 is 1.20 bits per heavy atom. The van der Waals surface area contributed by atoms with Gasteiger partial charge in [-0.05, 0) is 36.2 Å². The molecule has 0 saturated heterocycles. The number of aryl methyl sites for hydroxylation is 1. The number of hydrogen-bond donors (Lipinski definition) is 4. The van der Waals surface area contributed by atoms with E-state index in [1.165, 1.54) is 12.1 Å². The quantitative estimate of drug-likeness (QED) is 0.537. The van der Waals surface area contributed by atoms with E-state index in [4.69, 9.17) is 5.11 Å². The number of aromatic carboxylic acids is 1. The molecule has 4 N–H and O–H groups in total. The number of halogens is 2. The Bertz CT molecular complexity index is 961. The van der Waals surface area contributed by atoms with Crippen LogP contribution in [0.1, 0.15) is 22.8 Å². The monoisotopic (exact) mass is 433 g/mol. The van der Waals surface area contributed by atoms with Crippen LogP contribution >= 0.6 is 15.9 Å². The first-order chi connectivity index (χ1) is 11.6. The maximum atomic E-state index is 13.6. The molecule has 2 aromatic rings. The Kier molecular flexibility index (Phi) is 5.23. The van der Waals surface area contributed by atoms with Crippen LogP contribution in [-0.2, 0) is 16.4 Å². The largest absolute Gasteiger partial charge is 0.505 e. The number of phenolic OH excluding ortho intramolecular Hbond substituents is 1. The summed E-state index contributed by atoms with van der Waals surface area (Å²) in [6.45, 7) is 1.71. The molecule has 0 aliphatic rings. The first-order valence-electron chi connectivity index (χ1n) is 6.86. The molecule has 0 fully saturated rings. The lowest BCUT2D eigenvalue weighted by atomic mass is 10.1. The molecule has 2 rings (SSSR count). The van der Waals surface area contributed by atoms with E-state index in [-0.39, 0.29) is 4.47 Å². The number of phenols is 2. The number of aromatic hydroxyl groups is 2. The SMILES string of the molecule is CCc1cc(NS(=O)(=O)c2cc(Br)cc(F)c2O)c(O)c(C(=O)O)c1. The van der Waals surface area contributed by atoms with Crippen LogP contribution in [0.4, 0.5) is 10.1 Å². The number of sulfonamides is 1. The van der Waals surface area contributed by atoms with E-state index < -0.39 is 49.5 Å². The van der Waals surface area contributed by atoms with Crippen LogP contribution in [0.25, 0.3) is 0 Å². The molecule has 25 heavy (non-hydrogen) atoms. The van der Waals surface area contributed by atoms with Crippen molar-refractivity contribution >= 4 is 37.6 Å². The van der Waals surface area contributed by atoms with Gasteiger partial charge in [-0.3, -0.25) is 4.72 Å². The van der Waals surface area contributed by atoms with E-state index in [2.05, 4.69) is 15.9 Å². The lowest BCUT2D eigenvalue weighted by Crippen LogP contribution is -2.15. The lowest BCUT2D eigenvalue weighted by molar-refractivity contribution is 0.0693. The van der Waals surface area contributed by atoms with Gasteiger partial charge < -0.3 is 15.3 Å². The molecule has 134 valence electrons. The molecule has 0 radical (unpaired) electrons. The van der Waals surface area contributed by atoms with E-state index in [0.29, 0.717) is 12.0 Å². The Hall–Kier alpha value is -2.33. The Morgan fingerprint density at radius 2 is 1.84 bits per heavy atom. The van der Waals surface area contributed by atoms with Gasteiger partial charge in [0.25, 0.3) is 10.0 Å². The fourth-order valence-corrected chi connectivity index (χ4v) is 3.86. The molecule has 0 atom stereocenters. The summed E-state index contributed by atoms with van der Waals surface area (Å²) in [6, 6.07) is 4.32. The molecule has 0 saturated carbocycles. The number of carboxylic acid groups (broad SMARTS) is 1. The normalized spacial score (nSPS) is 11.3. The second-order valence-electron chi connectivity index (χ2n) is 5.04. The molecule has 7 nitrogen and oxygen atoms in total. The molecule has 0 amide bonds. The predicted molar refractivity (Wildman–Crippen MR) is 91.0 cm³/mol. The predicted octanol–water partition coefficient (Wildman–Crippen LogP) is 3.06. The average Bonchev–Trinajstić information content (AvgIpc) is 2.52.